The zero-order valence-corrected chi connectivity index (χ0v) is 10.5. The second-order valence-corrected chi connectivity index (χ2v) is 5.55. The zero-order valence-electron chi connectivity index (χ0n) is 10.5. The van der Waals surface area contributed by atoms with E-state index in [2.05, 4.69) is 20.8 Å². The van der Waals surface area contributed by atoms with Gasteiger partial charge >= 0.3 is 5.97 Å². The SMILES string of the molecule is CC(=O)OC1CC2CCC1C2.CC(C)C. The second-order valence-electron chi connectivity index (χ2n) is 5.55. The summed E-state index contributed by atoms with van der Waals surface area (Å²) in [6, 6.07) is 0. The van der Waals surface area contributed by atoms with Crippen LogP contribution in [-0.2, 0) is 9.53 Å². The number of ether oxygens (including phenoxy) is 1. The minimum Gasteiger partial charge on any atom is -0.462 e. The predicted molar refractivity (Wildman–Crippen MR) is 61.5 cm³/mol. The Bertz CT molecular complexity index is 208. The number of carbonyl (C=O) groups is 1. The van der Waals surface area contributed by atoms with Crippen LogP contribution >= 0.6 is 0 Å². The van der Waals surface area contributed by atoms with E-state index < -0.39 is 0 Å². The lowest BCUT2D eigenvalue weighted by Gasteiger charge is -2.20. The Hall–Kier alpha value is -0.530. The second kappa shape index (κ2) is 5.53. The van der Waals surface area contributed by atoms with E-state index in [4.69, 9.17) is 4.74 Å². The average molecular weight is 212 g/mol. The predicted octanol–water partition coefficient (Wildman–Crippen LogP) is 3.40. The molecule has 0 aromatic heterocycles. The fourth-order valence-corrected chi connectivity index (χ4v) is 2.54. The van der Waals surface area contributed by atoms with Gasteiger partial charge in [-0.15, -0.1) is 0 Å². The van der Waals surface area contributed by atoms with Crippen molar-refractivity contribution in [3.63, 3.8) is 0 Å². The molecule has 2 aliphatic rings. The van der Waals surface area contributed by atoms with Crippen LogP contribution in [0.15, 0.2) is 0 Å². The molecule has 2 nitrogen and oxygen atoms in total. The van der Waals surface area contributed by atoms with Gasteiger partial charge in [0.2, 0.25) is 0 Å². The lowest BCUT2D eigenvalue weighted by Crippen LogP contribution is -2.22. The van der Waals surface area contributed by atoms with Gasteiger partial charge in [0, 0.05) is 6.92 Å². The van der Waals surface area contributed by atoms with Gasteiger partial charge in [0.05, 0.1) is 0 Å². The van der Waals surface area contributed by atoms with Crippen LogP contribution in [0.4, 0.5) is 0 Å². The van der Waals surface area contributed by atoms with Crippen LogP contribution in [0.25, 0.3) is 0 Å². The van der Waals surface area contributed by atoms with E-state index in [1.54, 1.807) is 0 Å². The Kier molecular flexibility index (Phi) is 4.62. The molecule has 0 aliphatic heterocycles. The van der Waals surface area contributed by atoms with Crippen LogP contribution in [0.3, 0.4) is 0 Å². The molecule has 0 spiro atoms. The van der Waals surface area contributed by atoms with Gasteiger partial charge in [0.1, 0.15) is 6.10 Å². The molecule has 0 radical (unpaired) electrons. The van der Waals surface area contributed by atoms with E-state index in [1.807, 2.05) is 0 Å². The van der Waals surface area contributed by atoms with Gasteiger partial charge in [-0.1, -0.05) is 20.8 Å². The summed E-state index contributed by atoms with van der Waals surface area (Å²) in [6.07, 6.45) is 5.35. The highest BCUT2D eigenvalue weighted by Gasteiger charge is 2.41. The van der Waals surface area contributed by atoms with Crippen molar-refractivity contribution in [1.29, 1.82) is 0 Å². The maximum atomic E-state index is 10.7. The number of esters is 1. The Balaban J connectivity index is 0.000000245. The molecule has 88 valence electrons. The molecule has 3 atom stereocenters. The normalized spacial score (nSPS) is 32.5. The van der Waals surface area contributed by atoms with E-state index in [0.717, 1.165) is 18.3 Å². The highest BCUT2D eigenvalue weighted by molar-refractivity contribution is 5.66. The quantitative estimate of drug-likeness (QED) is 0.623. The summed E-state index contributed by atoms with van der Waals surface area (Å²) in [5.74, 6) is 2.29. The number of rotatable bonds is 1. The Morgan fingerprint density at radius 1 is 1.20 bits per heavy atom. The summed E-state index contributed by atoms with van der Waals surface area (Å²) < 4.78 is 5.21. The van der Waals surface area contributed by atoms with Crippen molar-refractivity contribution in [2.24, 2.45) is 17.8 Å². The topological polar surface area (TPSA) is 26.3 Å². The number of fused-ring (bicyclic) bond motifs is 2. The number of hydrogen-bond donors (Lipinski definition) is 0. The third kappa shape index (κ3) is 4.23. The summed E-state index contributed by atoms with van der Waals surface area (Å²) in [6.45, 7) is 8.01. The van der Waals surface area contributed by atoms with E-state index in [9.17, 15) is 4.79 Å². The summed E-state index contributed by atoms with van der Waals surface area (Å²) in [7, 11) is 0. The fourth-order valence-electron chi connectivity index (χ4n) is 2.54. The van der Waals surface area contributed by atoms with Crippen molar-refractivity contribution in [1.82, 2.24) is 0 Å². The van der Waals surface area contributed by atoms with Gasteiger partial charge in [-0.2, -0.15) is 0 Å². The van der Waals surface area contributed by atoms with Gasteiger partial charge < -0.3 is 4.74 Å². The minimum absolute atomic E-state index is 0.109. The molecular weight excluding hydrogens is 188 g/mol. The molecule has 0 aromatic rings. The van der Waals surface area contributed by atoms with Crippen LogP contribution in [0.5, 0.6) is 0 Å². The van der Waals surface area contributed by atoms with Gasteiger partial charge in [-0.05, 0) is 43.4 Å². The molecule has 2 rings (SSSR count). The first-order chi connectivity index (χ1) is 6.99. The standard InChI is InChI=1S/C9H14O2.C4H10/c1-6(10)11-9-5-7-2-3-8(9)4-7;1-4(2)3/h7-9H,2-5H2,1H3;4H,1-3H3. The molecule has 3 unspecified atom stereocenters. The summed E-state index contributed by atoms with van der Waals surface area (Å²) in [4.78, 5) is 10.7. The smallest absolute Gasteiger partial charge is 0.302 e. The number of carbonyl (C=O) groups excluding carboxylic acids is 1. The number of hydrogen-bond acceptors (Lipinski definition) is 2. The highest BCUT2D eigenvalue weighted by atomic mass is 16.5. The van der Waals surface area contributed by atoms with Crippen molar-refractivity contribution < 1.29 is 9.53 Å². The fraction of sp³-hybridized carbons (Fsp3) is 0.923. The molecule has 0 aromatic carbocycles. The first-order valence-corrected chi connectivity index (χ1v) is 6.16. The van der Waals surface area contributed by atoms with Crippen LogP contribution in [0.1, 0.15) is 53.4 Å². The Labute approximate surface area is 93.4 Å². The van der Waals surface area contributed by atoms with Gasteiger partial charge in [-0.3, -0.25) is 4.79 Å². The summed E-state index contributed by atoms with van der Waals surface area (Å²) >= 11 is 0. The van der Waals surface area contributed by atoms with Crippen LogP contribution < -0.4 is 0 Å². The molecule has 2 saturated carbocycles. The van der Waals surface area contributed by atoms with Gasteiger partial charge in [0.15, 0.2) is 0 Å². The summed E-state index contributed by atoms with van der Waals surface area (Å²) in [5, 5.41) is 0. The van der Waals surface area contributed by atoms with Crippen molar-refractivity contribution in [3.05, 3.63) is 0 Å². The molecule has 0 heterocycles. The lowest BCUT2D eigenvalue weighted by molar-refractivity contribution is -0.148. The maximum absolute atomic E-state index is 10.7. The third-order valence-electron chi connectivity index (χ3n) is 2.99. The van der Waals surface area contributed by atoms with E-state index in [-0.39, 0.29) is 12.1 Å². The largest absolute Gasteiger partial charge is 0.462 e. The highest BCUT2D eigenvalue weighted by Crippen LogP contribution is 2.45. The molecule has 0 saturated heterocycles. The average Bonchev–Trinajstić information content (AvgIpc) is 2.61. The van der Waals surface area contributed by atoms with Gasteiger partial charge in [0.25, 0.3) is 0 Å². The molecule has 2 heteroatoms. The molecule has 0 amide bonds. The van der Waals surface area contributed by atoms with Crippen LogP contribution in [0.2, 0.25) is 0 Å². The molecule has 2 aliphatic carbocycles. The summed E-state index contributed by atoms with van der Waals surface area (Å²) in [5.41, 5.74) is 0. The Morgan fingerprint density at radius 3 is 2.13 bits per heavy atom. The molecule has 2 fully saturated rings. The maximum Gasteiger partial charge on any atom is 0.302 e. The van der Waals surface area contributed by atoms with Crippen molar-refractivity contribution >= 4 is 5.97 Å². The minimum atomic E-state index is -0.109. The van der Waals surface area contributed by atoms with Crippen molar-refractivity contribution in [2.45, 2.75) is 59.5 Å². The van der Waals surface area contributed by atoms with Gasteiger partial charge in [-0.25, -0.2) is 0 Å². The monoisotopic (exact) mass is 212 g/mol. The molecule has 0 N–H and O–H groups in total. The van der Waals surface area contributed by atoms with E-state index >= 15 is 0 Å². The van der Waals surface area contributed by atoms with E-state index in [1.165, 1.54) is 26.2 Å². The molecular formula is C13H24O2. The van der Waals surface area contributed by atoms with Crippen molar-refractivity contribution in [2.75, 3.05) is 0 Å². The van der Waals surface area contributed by atoms with Crippen molar-refractivity contribution in [3.8, 4) is 0 Å². The zero-order chi connectivity index (χ0) is 11.4. The van der Waals surface area contributed by atoms with Crippen LogP contribution in [0, 0.1) is 17.8 Å². The van der Waals surface area contributed by atoms with Crippen LogP contribution in [-0.4, -0.2) is 12.1 Å². The third-order valence-corrected chi connectivity index (χ3v) is 2.99. The molecule has 15 heavy (non-hydrogen) atoms. The van der Waals surface area contributed by atoms with E-state index in [0.29, 0.717) is 5.92 Å². The molecule has 2 bridgehead atoms. The first-order valence-electron chi connectivity index (χ1n) is 6.16. The lowest BCUT2D eigenvalue weighted by atomic mass is 9.98. The Morgan fingerprint density at radius 2 is 1.80 bits per heavy atom. The first kappa shape index (κ1) is 12.5.